The molecule has 114 valence electrons. The number of likely N-dealkylation sites (tertiary alicyclic amines) is 1. The smallest absolute Gasteiger partial charge is 0.254 e. The van der Waals surface area contributed by atoms with E-state index < -0.39 is 23.4 Å². The van der Waals surface area contributed by atoms with Crippen molar-refractivity contribution >= 4 is 5.91 Å². The largest absolute Gasteiger partial charge is 0.338 e. The Hall–Kier alpha value is -1.56. The third-order valence-electron chi connectivity index (χ3n) is 4.61. The number of carbonyl (C=O) groups excluding carboxylic acids is 1. The van der Waals surface area contributed by atoms with E-state index in [0.717, 1.165) is 31.4 Å². The van der Waals surface area contributed by atoms with Crippen LogP contribution in [0.25, 0.3) is 0 Å². The van der Waals surface area contributed by atoms with Gasteiger partial charge in [0.05, 0.1) is 0 Å². The van der Waals surface area contributed by atoms with Crippen molar-refractivity contribution in [3.05, 3.63) is 35.1 Å². The highest BCUT2D eigenvalue weighted by molar-refractivity contribution is 5.94. The minimum absolute atomic E-state index is 0.144. The van der Waals surface area contributed by atoms with Crippen molar-refractivity contribution in [2.45, 2.75) is 25.3 Å². The van der Waals surface area contributed by atoms with Crippen LogP contribution in [0.5, 0.6) is 0 Å². The number of carbonyl (C=O) groups is 1. The summed E-state index contributed by atoms with van der Waals surface area (Å²) in [4.78, 5) is 13.9. The Kier molecular flexibility index (Phi) is 3.65. The van der Waals surface area contributed by atoms with Gasteiger partial charge in [0.15, 0.2) is 17.5 Å². The number of nitrogens with two attached hydrogens (primary N) is 1. The molecule has 0 radical (unpaired) electrons. The van der Waals surface area contributed by atoms with Crippen LogP contribution < -0.4 is 5.73 Å². The Bertz CT molecular complexity index is 555. The van der Waals surface area contributed by atoms with Gasteiger partial charge in [0.1, 0.15) is 0 Å². The zero-order valence-electron chi connectivity index (χ0n) is 11.5. The van der Waals surface area contributed by atoms with Crippen molar-refractivity contribution in [1.29, 1.82) is 0 Å². The number of nitrogens with zero attached hydrogens (tertiary/aromatic N) is 1. The molecule has 6 heteroatoms. The molecule has 0 aromatic heterocycles. The van der Waals surface area contributed by atoms with Gasteiger partial charge in [-0.2, -0.15) is 0 Å². The molecule has 3 atom stereocenters. The van der Waals surface area contributed by atoms with Crippen LogP contribution in [0.4, 0.5) is 13.2 Å². The fourth-order valence-electron chi connectivity index (χ4n) is 3.50. The van der Waals surface area contributed by atoms with Crippen LogP contribution in [-0.4, -0.2) is 29.9 Å². The highest BCUT2D eigenvalue weighted by atomic mass is 19.2. The summed E-state index contributed by atoms with van der Waals surface area (Å²) in [5.41, 5.74) is 5.79. The van der Waals surface area contributed by atoms with Crippen LogP contribution in [-0.2, 0) is 0 Å². The first-order chi connectivity index (χ1) is 9.95. The standard InChI is InChI=1S/C15H17F3N2O/c16-12-4-9(5-13(17)14(12)18)15(21)20-6-8-1-2-11(19)3-10(8)7-20/h4-5,8,10-11H,1-3,6-7,19H2/t8-,10+,11?/m1/s1. The predicted molar refractivity (Wildman–Crippen MR) is 71.0 cm³/mol. The van der Waals surface area contributed by atoms with Gasteiger partial charge in [-0.1, -0.05) is 0 Å². The van der Waals surface area contributed by atoms with Crippen molar-refractivity contribution in [2.75, 3.05) is 13.1 Å². The molecule has 2 aliphatic rings. The van der Waals surface area contributed by atoms with Crippen molar-refractivity contribution in [3.8, 4) is 0 Å². The Balaban J connectivity index is 1.77. The SMILES string of the molecule is NC1CC[C@@H]2CN(C(=O)c3cc(F)c(F)c(F)c3)C[C@@H]2C1. The lowest BCUT2D eigenvalue weighted by Gasteiger charge is -2.27. The molecular weight excluding hydrogens is 281 g/mol. The summed E-state index contributed by atoms with van der Waals surface area (Å²) >= 11 is 0. The van der Waals surface area contributed by atoms with Crippen LogP contribution in [0, 0.1) is 29.3 Å². The van der Waals surface area contributed by atoms with E-state index in [1.165, 1.54) is 0 Å². The molecule has 21 heavy (non-hydrogen) atoms. The van der Waals surface area contributed by atoms with E-state index in [1.54, 1.807) is 4.90 Å². The van der Waals surface area contributed by atoms with Gasteiger partial charge in [0.25, 0.3) is 5.91 Å². The first kappa shape index (κ1) is 14.4. The third-order valence-corrected chi connectivity index (χ3v) is 4.61. The van der Waals surface area contributed by atoms with Gasteiger partial charge < -0.3 is 10.6 Å². The Labute approximate surface area is 120 Å². The zero-order valence-corrected chi connectivity index (χ0v) is 11.5. The highest BCUT2D eigenvalue weighted by Gasteiger charge is 2.38. The molecule has 3 nitrogen and oxygen atoms in total. The lowest BCUT2D eigenvalue weighted by molar-refractivity contribution is 0.0782. The molecule has 1 heterocycles. The molecule has 2 fully saturated rings. The molecule has 1 aliphatic carbocycles. The minimum atomic E-state index is -1.55. The minimum Gasteiger partial charge on any atom is -0.338 e. The molecular formula is C15H17F3N2O. The summed E-state index contributed by atoms with van der Waals surface area (Å²) < 4.78 is 39.4. The summed E-state index contributed by atoms with van der Waals surface area (Å²) in [7, 11) is 0. The number of rotatable bonds is 1. The maximum atomic E-state index is 13.2. The first-order valence-electron chi connectivity index (χ1n) is 7.15. The second-order valence-electron chi connectivity index (χ2n) is 6.06. The monoisotopic (exact) mass is 298 g/mol. The summed E-state index contributed by atoms with van der Waals surface area (Å²) in [5.74, 6) is -3.91. The average Bonchev–Trinajstić information content (AvgIpc) is 2.86. The van der Waals surface area contributed by atoms with Gasteiger partial charge in [-0.15, -0.1) is 0 Å². The fourth-order valence-corrected chi connectivity index (χ4v) is 3.50. The van der Waals surface area contributed by atoms with E-state index in [2.05, 4.69) is 0 Å². The maximum absolute atomic E-state index is 13.2. The molecule has 3 rings (SSSR count). The number of hydrogen-bond acceptors (Lipinski definition) is 2. The number of halogens is 3. The number of benzene rings is 1. The van der Waals surface area contributed by atoms with Gasteiger partial charge in [0.2, 0.25) is 0 Å². The molecule has 0 spiro atoms. The third kappa shape index (κ3) is 2.64. The number of hydrogen-bond donors (Lipinski definition) is 1. The molecule has 0 bridgehead atoms. The molecule has 1 aliphatic heterocycles. The van der Waals surface area contributed by atoms with Gasteiger partial charge >= 0.3 is 0 Å². The first-order valence-corrected chi connectivity index (χ1v) is 7.15. The molecule has 1 saturated heterocycles. The number of fused-ring (bicyclic) bond motifs is 1. The lowest BCUT2D eigenvalue weighted by atomic mass is 9.79. The molecule has 1 saturated carbocycles. The molecule has 1 unspecified atom stereocenters. The summed E-state index contributed by atoms with van der Waals surface area (Å²) in [6, 6.07) is 1.69. The van der Waals surface area contributed by atoms with E-state index >= 15 is 0 Å². The van der Waals surface area contributed by atoms with Gasteiger partial charge in [-0.05, 0) is 43.2 Å². The second-order valence-corrected chi connectivity index (χ2v) is 6.06. The van der Waals surface area contributed by atoms with E-state index in [0.29, 0.717) is 24.9 Å². The summed E-state index contributed by atoms with van der Waals surface area (Å²) in [6.07, 6.45) is 2.80. The summed E-state index contributed by atoms with van der Waals surface area (Å²) in [5, 5.41) is 0. The van der Waals surface area contributed by atoms with Gasteiger partial charge in [0, 0.05) is 24.7 Å². The zero-order chi connectivity index (χ0) is 15.1. The number of amides is 1. The normalized spacial score (nSPS) is 28.6. The van der Waals surface area contributed by atoms with Crippen LogP contribution in [0.15, 0.2) is 12.1 Å². The molecule has 1 aromatic carbocycles. The second kappa shape index (κ2) is 5.33. The van der Waals surface area contributed by atoms with E-state index in [9.17, 15) is 18.0 Å². The predicted octanol–water partition coefficient (Wildman–Crippen LogP) is 2.30. The van der Waals surface area contributed by atoms with Gasteiger partial charge in [-0.25, -0.2) is 13.2 Å². The van der Waals surface area contributed by atoms with Crippen molar-refractivity contribution < 1.29 is 18.0 Å². The molecule has 1 aromatic rings. The van der Waals surface area contributed by atoms with Crippen LogP contribution in [0.3, 0.4) is 0 Å². The topological polar surface area (TPSA) is 46.3 Å². The van der Waals surface area contributed by atoms with E-state index in [-0.39, 0.29) is 11.6 Å². The quantitative estimate of drug-likeness (QED) is 0.809. The molecule has 2 N–H and O–H groups in total. The van der Waals surface area contributed by atoms with Crippen molar-refractivity contribution in [2.24, 2.45) is 17.6 Å². The fraction of sp³-hybridized carbons (Fsp3) is 0.533. The Morgan fingerprint density at radius 1 is 1.10 bits per heavy atom. The van der Waals surface area contributed by atoms with Crippen LogP contribution in [0.2, 0.25) is 0 Å². The van der Waals surface area contributed by atoms with Gasteiger partial charge in [-0.3, -0.25) is 4.79 Å². The average molecular weight is 298 g/mol. The summed E-state index contributed by atoms with van der Waals surface area (Å²) in [6.45, 7) is 1.13. The maximum Gasteiger partial charge on any atom is 0.254 e. The van der Waals surface area contributed by atoms with E-state index in [4.69, 9.17) is 5.73 Å². The highest BCUT2D eigenvalue weighted by Crippen LogP contribution is 2.36. The van der Waals surface area contributed by atoms with E-state index in [1.807, 2.05) is 0 Å². The Morgan fingerprint density at radius 2 is 1.71 bits per heavy atom. The molecule has 1 amide bonds. The Morgan fingerprint density at radius 3 is 2.38 bits per heavy atom. The van der Waals surface area contributed by atoms with Crippen molar-refractivity contribution in [1.82, 2.24) is 4.90 Å². The van der Waals surface area contributed by atoms with Crippen LogP contribution in [0.1, 0.15) is 29.6 Å². The van der Waals surface area contributed by atoms with Crippen LogP contribution >= 0.6 is 0 Å². The lowest BCUT2D eigenvalue weighted by Crippen LogP contribution is -2.32. The van der Waals surface area contributed by atoms with Crippen molar-refractivity contribution in [3.63, 3.8) is 0 Å².